The zero-order valence-electron chi connectivity index (χ0n) is 20.2. The van der Waals surface area contributed by atoms with Crippen LogP contribution >= 0.6 is 0 Å². The first-order valence-electron chi connectivity index (χ1n) is 12.3. The van der Waals surface area contributed by atoms with E-state index in [2.05, 4.69) is 27.6 Å². The van der Waals surface area contributed by atoms with Gasteiger partial charge in [-0.15, -0.1) is 0 Å². The number of amides is 1. The van der Waals surface area contributed by atoms with Crippen molar-refractivity contribution in [2.45, 2.75) is 64.3 Å². The van der Waals surface area contributed by atoms with Crippen LogP contribution in [0.4, 0.5) is 0 Å². The van der Waals surface area contributed by atoms with E-state index in [0.717, 1.165) is 57.2 Å². The van der Waals surface area contributed by atoms with Crippen molar-refractivity contribution in [1.82, 2.24) is 20.5 Å². The lowest BCUT2D eigenvalue weighted by Gasteiger charge is -2.29. The number of carbonyl (C=O) groups excluding carboxylic acids is 2. The van der Waals surface area contributed by atoms with E-state index in [1.54, 1.807) is 24.4 Å². The number of rotatable bonds is 12. The summed E-state index contributed by atoms with van der Waals surface area (Å²) in [5.41, 5.74) is 1.66. The molecule has 1 saturated heterocycles. The van der Waals surface area contributed by atoms with Crippen LogP contribution in [0.2, 0.25) is 0 Å². The molecule has 1 radical (unpaired) electrons. The van der Waals surface area contributed by atoms with E-state index in [1.165, 1.54) is 0 Å². The van der Waals surface area contributed by atoms with Crippen LogP contribution in [0.3, 0.4) is 0 Å². The number of likely N-dealkylation sites (tertiary alicyclic amines) is 1. The third-order valence-electron chi connectivity index (χ3n) is 6.59. The van der Waals surface area contributed by atoms with Gasteiger partial charge >= 0.3 is 11.8 Å². The van der Waals surface area contributed by atoms with E-state index in [1.807, 2.05) is 13.0 Å². The van der Waals surface area contributed by atoms with Gasteiger partial charge in [0, 0.05) is 24.3 Å². The van der Waals surface area contributed by atoms with Gasteiger partial charge in [0.05, 0.1) is 5.56 Å². The molecule has 1 aromatic rings. The van der Waals surface area contributed by atoms with Crippen LogP contribution in [-0.4, -0.2) is 59.7 Å². The minimum absolute atomic E-state index is 0.00237. The van der Waals surface area contributed by atoms with Gasteiger partial charge in [0.25, 0.3) is 0 Å². The van der Waals surface area contributed by atoms with E-state index in [9.17, 15) is 19.5 Å². The minimum atomic E-state index is -0.980. The molecule has 0 unspecified atom stereocenters. The fourth-order valence-corrected chi connectivity index (χ4v) is 4.34. The number of unbranched alkanes of at least 4 members (excludes halogenated alkanes) is 2. The highest BCUT2D eigenvalue weighted by molar-refractivity contribution is 6.00. The number of nitrogens with one attached hydrogen (secondary N) is 2. The number of amidine groups is 1. The molecule has 8 nitrogen and oxygen atoms in total. The van der Waals surface area contributed by atoms with E-state index in [4.69, 9.17) is 0 Å². The number of nitrogens with zero attached hydrogens (tertiary/aromatic N) is 2. The standard InChI is InChI=1S/C26H36N4O4/c1-3-21(31)10-5-4-6-11-22(29-25(32)18-12-14-30(2)15-13-18)24-27-17-23(28-24)19-8-7-9-20(16-19)26(33)34/h7-9,16-18,22,28H,3-6,10-15H2,1-2H3,(H,29,32)(H,33,34)/q+1/t22-/m0/s1. The maximum Gasteiger partial charge on any atom is 0.335 e. The molecule has 2 aliphatic rings. The Balaban J connectivity index is 1.62. The van der Waals surface area contributed by atoms with Crippen molar-refractivity contribution >= 4 is 29.2 Å². The number of hydrogen-bond acceptors (Lipinski definition) is 6. The van der Waals surface area contributed by atoms with Gasteiger partial charge in [0.15, 0.2) is 11.9 Å². The van der Waals surface area contributed by atoms with Crippen LogP contribution in [0.15, 0.2) is 30.5 Å². The number of ketones is 1. The fraction of sp³-hybridized carbons (Fsp3) is 0.538. The molecule has 3 rings (SSSR count). The molecule has 1 amide bonds. The third kappa shape index (κ3) is 7.25. The zero-order chi connectivity index (χ0) is 24.5. The van der Waals surface area contributed by atoms with Crippen LogP contribution in [0.5, 0.6) is 0 Å². The van der Waals surface area contributed by atoms with Crippen LogP contribution in [-0.2, 0) is 9.59 Å². The summed E-state index contributed by atoms with van der Waals surface area (Å²) in [5, 5.41) is 15.8. The molecule has 1 fully saturated rings. The summed E-state index contributed by atoms with van der Waals surface area (Å²) in [5.74, 6) is 0.0343. The highest BCUT2D eigenvalue weighted by Gasteiger charge is 2.33. The van der Waals surface area contributed by atoms with Crippen LogP contribution < -0.4 is 15.6 Å². The highest BCUT2D eigenvalue weighted by Crippen LogP contribution is 2.19. The molecular formula is C26H36N4O4+. The number of carboxylic acids is 1. The Morgan fingerprint density at radius 2 is 1.97 bits per heavy atom. The number of Topliss-reactive ketones (excluding diaryl/α,β-unsaturated/α-hetero) is 1. The molecule has 1 atom stereocenters. The summed E-state index contributed by atoms with van der Waals surface area (Å²) in [6, 6.07) is 6.44. The van der Waals surface area contributed by atoms with Gasteiger partial charge in [-0.3, -0.25) is 9.59 Å². The average Bonchev–Trinajstić information content (AvgIpc) is 3.33. The van der Waals surface area contributed by atoms with Crippen molar-refractivity contribution in [3.05, 3.63) is 41.6 Å². The Bertz CT molecular complexity index is 948. The molecule has 1 aromatic carbocycles. The summed E-state index contributed by atoms with van der Waals surface area (Å²) in [4.78, 5) is 42.7. The molecule has 2 aliphatic heterocycles. The Morgan fingerprint density at radius 1 is 1.21 bits per heavy atom. The molecule has 34 heavy (non-hydrogen) atoms. The van der Waals surface area contributed by atoms with Crippen LogP contribution in [0, 0.1) is 5.92 Å². The van der Waals surface area contributed by atoms with Gasteiger partial charge < -0.3 is 15.3 Å². The molecule has 0 aliphatic carbocycles. The number of carboxylic acid groups (broad SMARTS) is 1. The summed E-state index contributed by atoms with van der Waals surface area (Å²) in [7, 11) is 2.07. The van der Waals surface area contributed by atoms with E-state index < -0.39 is 5.97 Å². The molecular weight excluding hydrogens is 432 g/mol. The largest absolute Gasteiger partial charge is 0.478 e. The monoisotopic (exact) mass is 468 g/mol. The Morgan fingerprint density at radius 3 is 2.68 bits per heavy atom. The van der Waals surface area contributed by atoms with Crippen LogP contribution in [0.1, 0.15) is 74.2 Å². The summed E-state index contributed by atoms with van der Waals surface area (Å²) < 4.78 is 0. The molecule has 2 heterocycles. The second-order valence-corrected chi connectivity index (χ2v) is 9.20. The lowest BCUT2D eigenvalue weighted by molar-refractivity contribution is -0.126. The topological polar surface area (TPSA) is 113 Å². The van der Waals surface area contributed by atoms with Gasteiger partial charge in [-0.1, -0.05) is 31.9 Å². The van der Waals surface area contributed by atoms with Crippen molar-refractivity contribution in [2.75, 3.05) is 20.1 Å². The van der Waals surface area contributed by atoms with Crippen molar-refractivity contribution < 1.29 is 19.5 Å². The predicted octanol–water partition coefficient (Wildman–Crippen LogP) is 2.78. The molecule has 0 bridgehead atoms. The lowest BCUT2D eigenvalue weighted by atomic mass is 9.95. The van der Waals surface area contributed by atoms with Crippen molar-refractivity contribution in [1.29, 1.82) is 0 Å². The molecule has 0 spiro atoms. The van der Waals surface area contributed by atoms with Gasteiger partial charge in [-0.2, -0.15) is 0 Å². The van der Waals surface area contributed by atoms with Gasteiger partial charge in [-0.05, 0) is 62.9 Å². The first-order valence-corrected chi connectivity index (χ1v) is 12.3. The van der Waals surface area contributed by atoms with Crippen molar-refractivity contribution in [2.24, 2.45) is 5.92 Å². The van der Waals surface area contributed by atoms with E-state index in [-0.39, 0.29) is 29.2 Å². The Hall–Kier alpha value is -3.00. The smallest absolute Gasteiger partial charge is 0.335 e. The van der Waals surface area contributed by atoms with E-state index in [0.29, 0.717) is 24.4 Å². The summed E-state index contributed by atoms with van der Waals surface area (Å²) in [6.07, 6.45) is 7.93. The number of piperidine rings is 1. The predicted molar refractivity (Wildman–Crippen MR) is 132 cm³/mol. The first-order chi connectivity index (χ1) is 16.4. The highest BCUT2D eigenvalue weighted by atomic mass is 16.4. The normalized spacial score (nSPS) is 17.5. The summed E-state index contributed by atoms with van der Waals surface area (Å²) >= 11 is 0. The molecule has 183 valence electrons. The molecule has 8 heteroatoms. The van der Waals surface area contributed by atoms with Crippen LogP contribution in [0.25, 0.3) is 5.70 Å². The number of hydrogen-bond donors (Lipinski definition) is 3. The quantitative estimate of drug-likeness (QED) is 0.407. The SMILES string of the molecule is CCC(=O)CCCCC[C@H](NC(=O)C1CCN(C)CC1)C1=[N+]C=C(c2cccc(C(=O)O)c2)N1. The minimum Gasteiger partial charge on any atom is -0.478 e. The fourth-order valence-electron chi connectivity index (χ4n) is 4.34. The maximum absolute atomic E-state index is 13.0. The van der Waals surface area contributed by atoms with Crippen molar-refractivity contribution in [3.63, 3.8) is 0 Å². The number of aromatic carboxylic acids is 1. The lowest BCUT2D eigenvalue weighted by Crippen LogP contribution is -2.49. The Kier molecular flexibility index (Phi) is 9.39. The average molecular weight is 469 g/mol. The van der Waals surface area contributed by atoms with Gasteiger partial charge in [0.2, 0.25) is 5.91 Å². The first kappa shape index (κ1) is 25.6. The Labute approximate surface area is 201 Å². The molecule has 0 aromatic heterocycles. The molecule has 3 N–H and O–H groups in total. The summed E-state index contributed by atoms with van der Waals surface area (Å²) in [6.45, 7) is 3.72. The third-order valence-corrected chi connectivity index (χ3v) is 6.59. The second-order valence-electron chi connectivity index (χ2n) is 9.20. The second kappa shape index (κ2) is 12.5. The number of carbonyl (C=O) groups is 3. The number of aliphatic imine (C=N–C) groups is 1. The maximum atomic E-state index is 13.0. The van der Waals surface area contributed by atoms with E-state index >= 15 is 0 Å². The molecule has 0 saturated carbocycles. The number of benzene rings is 1. The zero-order valence-corrected chi connectivity index (χ0v) is 20.2. The van der Waals surface area contributed by atoms with Gasteiger partial charge in [-0.25, -0.2) is 10.1 Å². The van der Waals surface area contributed by atoms with Gasteiger partial charge in [0.1, 0.15) is 11.8 Å². The van der Waals surface area contributed by atoms with Crippen molar-refractivity contribution in [3.8, 4) is 0 Å².